The van der Waals surface area contributed by atoms with E-state index in [1.54, 1.807) is 12.1 Å². The topological polar surface area (TPSA) is 128 Å². The smallest absolute Gasteiger partial charge is 0.456 e. The first-order valence-electron chi connectivity index (χ1n) is 30.4. The molecule has 2 N–H and O–H groups in total. The summed E-state index contributed by atoms with van der Waals surface area (Å²) in [5, 5.41) is 22.6. The van der Waals surface area contributed by atoms with Crippen LogP contribution in [0.1, 0.15) is 124 Å². The van der Waals surface area contributed by atoms with Crippen LogP contribution in [0.15, 0.2) is 196 Å². The monoisotopic (exact) mass is 1220 g/mol. The van der Waals surface area contributed by atoms with Crippen LogP contribution in [0.25, 0.3) is 111 Å². The van der Waals surface area contributed by atoms with Crippen molar-refractivity contribution in [2.45, 2.75) is 107 Å². The molecule has 0 fully saturated rings. The van der Waals surface area contributed by atoms with Gasteiger partial charge in [0.2, 0.25) is 0 Å². The SMILES string of the molecule is Cc1cc2nc(-c3cccc4c3oc3ccccc34)n(-c3c(C(C)C)cc(-c4ccccc4)cc3C(C)C)c2c(C)n1.Cc1cc2nc(Br)n(-c3c(C(C)C)cc(-c4ccccc4)cc3C(C)C)c2c(C)n1.OB(O)c1cccc2c1oc1ccccc12. The summed E-state index contributed by atoms with van der Waals surface area (Å²) in [5.41, 5.74) is 25.0. The predicted molar refractivity (Wildman–Crippen MR) is 368 cm³/mol. The average molecular weight is 1220 g/mol. The van der Waals surface area contributed by atoms with Crippen LogP contribution in [0.2, 0.25) is 0 Å². The van der Waals surface area contributed by atoms with Crippen LogP contribution in [-0.2, 0) is 0 Å². The lowest BCUT2D eigenvalue weighted by atomic mass is 9.79. The van der Waals surface area contributed by atoms with Crippen molar-refractivity contribution in [3.05, 3.63) is 232 Å². The molecular weight excluding hydrogens is 1150 g/mol. The second-order valence-corrected chi connectivity index (χ2v) is 25.0. The Labute approximate surface area is 522 Å². The number of para-hydroxylation sites is 4. The standard InChI is InChI=1S/C38H35N3O.C26H28BrN3.C12H9BO3/c1-22(2)31-20-27(26-13-8-7-9-14-26)21-32(23(3)4)36(31)41-35-25(6)39-24(5)19-33(35)40-38(41)30-17-12-16-29-28-15-10-11-18-34(28)42-37(29)30;1-15(2)21-13-20(19-10-8-7-9-11-19)14-22(16(3)4)25(21)30-24-18(6)28-17(5)12-23(24)29-26(30)27;14-13(15)10-6-3-5-9-8-4-1-2-7-11(8)16-12(9)10/h7-23H,1-6H3;7-16H,1-6H3;1-7,14-15H. The minimum Gasteiger partial charge on any atom is -0.456 e. The summed E-state index contributed by atoms with van der Waals surface area (Å²) in [5.74, 6) is 2.18. The van der Waals surface area contributed by atoms with Gasteiger partial charge in [0.25, 0.3) is 0 Å². The number of pyridine rings is 2. The van der Waals surface area contributed by atoms with Gasteiger partial charge in [-0.1, -0.05) is 183 Å². The maximum absolute atomic E-state index is 9.24. The van der Waals surface area contributed by atoms with Crippen LogP contribution in [0, 0.1) is 27.7 Å². The molecule has 14 aromatic rings. The first-order chi connectivity index (χ1) is 42.4. The minimum atomic E-state index is -1.51. The maximum Gasteiger partial charge on any atom is 0.492 e. The molecule has 8 aromatic carbocycles. The van der Waals surface area contributed by atoms with Crippen LogP contribution >= 0.6 is 15.9 Å². The van der Waals surface area contributed by atoms with E-state index in [-0.39, 0.29) is 11.8 Å². The zero-order chi connectivity index (χ0) is 61.8. The van der Waals surface area contributed by atoms with Gasteiger partial charge >= 0.3 is 7.12 Å². The molecule has 88 heavy (non-hydrogen) atoms. The van der Waals surface area contributed by atoms with E-state index in [9.17, 15) is 10.0 Å². The minimum absolute atomic E-state index is 0.284. The fraction of sp³-hybridized carbons (Fsp3) is 0.211. The molecule has 0 radical (unpaired) electrons. The molecule has 0 spiro atoms. The third-order valence-electron chi connectivity index (χ3n) is 16.7. The van der Waals surface area contributed by atoms with Gasteiger partial charge in [-0.2, -0.15) is 0 Å². The third kappa shape index (κ3) is 11.0. The van der Waals surface area contributed by atoms with Crippen LogP contribution in [0.4, 0.5) is 0 Å². The van der Waals surface area contributed by atoms with E-state index in [0.717, 1.165) is 99.3 Å². The average Bonchev–Trinajstić information content (AvgIpc) is 1.56. The molecule has 0 saturated heterocycles. The molecule has 0 atom stereocenters. The van der Waals surface area contributed by atoms with Crippen molar-refractivity contribution in [2.24, 2.45) is 0 Å². The third-order valence-corrected chi connectivity index (χ3v) is 17.2. The number of imidazole rings is 2. The fourth-order valence-corrected chi connectivity index (χ4v) is 13.1. The highest BCUT2D eigenvalue weighted by atomic mass is 79.9. The number of hydrogen-bond acceptors (Lipinski definition) is 8. The van der Waals surface area contributed by atoms with Crippen LogP contribution < -0.4 is 5.46 Å². The van der Waals surface area contributed by atoms with Crippen molar-refractivity contribution in [2.75, 3.05) is 0 Å². The summed E-state index contributed by atoms with van der Waals surface area (Å²) in [6, 6.07) is 62.5. The molecule has 0 unspecified atom stereocenters. The molecule has 0 bridgehead atoms. The highest BCUT2D eigenvalue weighted by Crippen LogP contribution is 2.44. The highest BCUT2D eigenvalue weighted by Gasteiger charge is 2.28. The Morgan fingerprint density at radius 2 is 0.807 bits per heavy atom. The van der Waals surface area contributed by atoms with Gasteiger partial charge in [-0.15, -0.1) is 0 Å². The number of rotatable bonds is 10. The zero-order valence-corrected chi connectivity index (χ0v) is 53.6. The number of aromatic nitrogens is 6. The van der Waals surface area contributed by atoms with E-state index < -0.39 is 7.12 Å². The zero-order valence-electron chi connectivity index (χ0n) is 52.0. The largest absolute Gasteiger partial charge is 0.492 e. The molecule has 6 heterocycles. The summed E-state index contributed by atoms with van der Waals surface area (Å²) in [4.78, 5) is 19.8. The van der Waals surface area contributed by atoms with E-state index >= 15 is 0 Å². The van der Waals surface area contributed by atoms with E-state index in [4.69, 9.17) is 28.8 Å². The van der Waals surface area contributed by atoms with Gasteiger partial charge in [0.05, 0.1) is 50.4 Å². The molecular formula is C76H72BBrN6O4. The Morgan fingerprint density at radius 3 is 1.28 bits per heavy atom. The Kier molecular flexibility index (Phi) is 16.4. The Bertz CT molecular complexity index is 4860. The predicted octanol–water partition coefficient (Wildman–Crippen LogP) is 19.5. The van der Waals surface area contributed by atoms with Crippen molar-refractivity contribution in [1.29, 1.82) is 0 Å². The number of aryl methyl sites for hydroxylation is 4. The molecule has 0 aliphatic carbocycles. The van der Waals surface area contributed by atoms with E-state index in [2.05, 4.69) is 222 Å². The van der Waals surface area contributed by atoms with E-state index in [0.29, 0.717) is 22.9 Å². The Morgan fingerprint density at radius 1 is 0.409 bits per heavy atom. The van der Waals surface area contributed by atoms with Crippen molar-refractivity contribution >= 4 is 94.5 Å². The van der Waals surface area contributed by atoms with Gasteiger partial charge in [-0.25, -0.2) is 9.97 Å². The summed E-state index contributed by atoms with van der Waals surface area (Å²) < 4.78 is 17.6. The lowest BCUT2D eigenvalue weighted by Gasteiger charge is -2.24. The summed E-state index contributed by atoms with van der Waals surface area (Å²) in [6.07, 6.45) is 0. The Balaban J connectivity index is 0.000000142. The molecule has 0 aliphatic rings. The van der Waals surface area contributed by atoms with E-state index in [1.807, 2.05) is 56.3 Å². The quantitative estimate of drug-likeness (QED) is 0.130. The Hall–Kier alpha value is -8.94. The van der Waals surface area contributed by atoms with Gasteiger partial charge in [0.15, 0.2) is 4.73 Å². The summed E-state index contributed by atoms with van der Waals surface area (Å²) >= 11 is 3.76. The van der Waals surface area contributed by atoms with Gasteiger partial charge in [0, 0.05) is 38.4 Å². The van der Waals surface area contributed by atoms with E-state index in [1.165, 1.54) is 55.9 Å². The lowest BCUT2D eigenvalue weighted by Crippen LogP contribution is -2.29. The molecule has 0 amide bonds. The second-order valence-electron chi connectivity index (χ2n) is 24.3. The fourth-order valence-electron chi connectivity index (χ4n) is 12.6. The number of furan rings is 2. The first kappa shape index (κ1) is 59.4. The molecule has 6 aromatic heterocycles. The molecule has 0 aliphatic heterocycles. The summed E-state index contributed by atoms with van der Waals surface area (Å²) in [7, 11) is -1.51. The van der Waals surface area contributed by atoms with Crippen molar-refractivity contribution in [1.82, 2.24) is 29.1 Å². The molecule has 12 heteroatoms. The number of nitrogens with zero attached hydrogens (tertiary/aromatic N) is 6. The van der Waals surface area contributed by atoms with Crippen molar-refractivity contribution in [3.63, 3.8) is 0 Å². The lowest BCUT2D eigenvalue weighted by molar-refractivity contribution is 0.425. The van der Waals surface area contributed by atoms with Crippen LogP contribution in [0.5, 0.6) is 0 Å². The molecule has 440 valence electrons. The van der Waals surface area contributed by atoms with Crippen LogP contribution in [0.3, 0.4) is 0 Å². The normalized spacial score (nSPS) is 11.8. The van der Waals surface area contributed by atoms with Crippen molar-refractivity contribution < 1.29 is 18.9 Å². The van der Waals surface area contributed by atoms with Gasteiger partial charge < -0.3 is 18.9 Å². The van der Waals surface area contributed by atoms with Crippen molar-refractivity contribution in [3.8, 4) is 45.0 Å². The highest BCUT2D eigenvalue weighted by molar-refractivity contribution is 9.10. The molecule has 14 rings (SSSR count). The number of halogens is 1. The number of benzene rings is 8. The molecule has 10 nitrogen and oxygen atoms in total. The second kappa shape index (κ2) is 24.3. The van der Waals surface area contributed by atoms with Gasteiger partial charge in [-0.05, 0) is 166 Å². The van der Waals surface area contributed by atoms with Gasteiger partial charge in [-0.3, -0.25) is 19.1 Å². The number of fused-ring (bicyclic) bond motifs is 8. The van der Waals surface area contributed by atoms with Gasteiger partial charge in [0.1, 0.15) is 28.2 Å². The first-order valence-corrected chi connectivity index (χ1v) is 31.2. The number of hydrogen-bond donors (Lipinski definition) is 2. The maximum atomic E-state index is 9.24. The summed E-state index contributed by atoms with van der Waals surface area (Å²) in [6.45, 7) is 26.4. The molecule has 0 saturated carbocycles. The van der Waals surface area contributed by atoms with Crippen LogP contribution in [-0.4, -0.2) is 46.2 Å².